The van der Waals surface area contributed by atoms with Gasteiger partial charge in [-0.3, -0.25) is 0 Å². The first-order chi connectivity index (χ1) is 26.0. The molecular formula is C52H68Cl2SiZr. The van der Waals surface area contributed by atoms with E-state index < -0.39 is 17.4 Å². The van der Waals surface area contributed by atoms with Gasteiger partial charge in [-0.05, 0) is 0 Å². The molecule has 0 radical (unpaired) electrons. The van der Waals surface area contributed by atoms with E-state index in [1.807, 2.05) is 0 Å². The molecule has 0 aliphatic heterocycles. The molecule has 2 fully saturated rings. The molecule has 0 nitrogen and oxygen atoms in total. The van der Waals surface area contributed by atoms with Crippen LogP contribution >= 0.6 is 24.8 Å². The second-order valence-corrected chi connectivity index (χ2v) is 49.9. The zero-order chi connectivity index (χ0) is 37.6. The maximum absolute atomic E-state index is 3.81. The number of rotatable bonds is 12. The molecule has 0 saturated heterocycles. The second kappa shape index (κ2) is 17.7. The van der Waals surface area contributed by atoms with E-state index in [1.165, 1.54) is 122 Å². The molecule has 4 unspecified atom stereocenters. The number of hydrogen-bond acceptors (Lipinski definition) is 0. The van der Waals surface area contributed by atoms with Gasteiger partial charge in [0.25, 0.3) is 0 Å². The molecule has 4 aromatic carbocycles. The average molecular weight is 883 g/mol. The standard InChI is InChI=1S/2C25H29.2CH3.2ClH.H2Si.Zr/c2*1-3-18(2)21-11-13-22(14-12-21)24-10-6-9-23-16-20(17-25(23)24)15-19-7-4-5-8-19;;;;;;/h2*6,9-14,16-19H,3-5,7-8,15H2,1-2H3;2*1H3;2*1H;1H2;. The minimum absolute atomic E-state index is 0. The number of benzene rings is 4. The Labute approximate surface area is 355 Å². The van der Waals surface area contributed by atoms with Gasteiger partial charge < -0.3 is 0 Å². The van der Waals surface area contributed by atoms with Gasteiger partial charge >= 0.3 is 333 Å². The van der Waals surface area contributed by atoms with Crippen LogP contribution < -0.4 is 0 Å². The molecular weight excluding hydrogens is 815 g/mol. The Kier molecular flexibility index (Phi) is 13.8. The summed E-state index contributed by atoms with van der Waals surface area (Å²) in [5.41, 5.74) is 18.5. The maximum Gasteiger partial charge on any atom is -0.147 e. The molecule has 298 valence electrons. The molecule has 0 amide bonds. The summed E-state index contributed by atoms with van der Waals surface area (Å²) in [4.78, 5) is 0. The van der Waals surface area contributed by atoms with Crippen molar-refractivity contribution in [3.8, 4) is 22.3 Å². The predicted octanol–water partition coefficient (Wildman–Crippen LogP) is 16.0. The van der Waals surface area contributed by atoms with Gasteiger partial charge in [0.05, 0.1) is 0 Å². The van der Waals surface area contributed by atoms with E-state index in [1.54, 1.807) is 22.3 Å². The van der Waals surface area contributed by atoms with Crippen molar-refractivity contribution >= 4 is 43.8 Å². The summed E-state index contributed by atoms with van der Waals surface area (Å²) in [6.07, 6.45) is 21.7. The number of allylic oxidation sites excluding steroid dienone is 2. The summed E-state index contributed by atoms with van der Waals surface area (Å²) in [6.45, 7) is 11.9. The van der Waals surface area contributed by atoms with E-state index in [0.717, 1.165) is 11.8 Å². The molecule has 0 aromatic heterocycles. The van der Waals surface area contributed by atoms with Crippen LogP contribution in [-0.4, -0.2) is 6.88 Å². The second-order valence-electron chi connectivity index (χ2n) is 19.4. The van der Waals surface area contributed by atoms with Crippen LogP contribution in [0, 0.1) is 11.8 Å². The zero-order valence-corrected chi connectivity index (χ0v) is 40.7. The van der Waals surface area contributed by atoms with Crippen molar-refractivity contribution in [2.24, 2.45) is 11.8 Å². The Balaban J connectivity index is 0.00000266. The van der Waals surface area contributed by atoms with E-state index in [2.05, 4.69) is 141 Å². The Hall–Kier alpha value is -1.96. The van der Waals surface area contributed by atoms with Crippen LogP contribution in [0.3, 0.4) is 0 Å². The zero-order valence-electron chi connectivity index (χ0n) is 35.2. The van der Waals surface area contributed by atoms with Gasteiger partial charge in [-0.25, -0.2) is 0 Å². The summed E-state index contributed by atoms with van der Waals surface area (Å²) in [5, 5.41) is 0. The molecule has 4 aromatic rings. The normalized spacial score (nSPS) is 20.8. The van der Waals surface area contributed by atoms with Crippen LogP contribution in [-0.2, 0) is 17.4 Å². The molecule has 4 atom stereocenters. The number of hydrogen-bond donors (Lipinski definition) is 0. The van der Waals surface area contributed by atoms with Gasteiger partial charge in [-0.15, -0.1) is 24.8 Å². The Morgan fingerprint density at radius 3 is 1.25 bits per heavy atom. The van der Waals surface area contributed by atoms with Gasteiger partial charge in [-0.2, -0.15) is 0 Å². The van der Waals surface area contributed by atoms with Gasteiger partial charge in [-0.1, -0.05) is 0 Å². The molecule has 4 heteroatoms. The third-order valence-electron chi connectivity index (χ3n) is 15.0. The van der Waals surface area contributed by atoms with E-state index in [9.17, 15) is 0 Å². The Bertz CT molecular complexity index is 1980. The van der Waals surface area contributed by atoms with Gasteiger partial charge in [0.2, 0.25) is 0 Å². The first-order valence-electron chi connectivity index (χ1n) is 22.0. The predicted molar refractivity (Wildman–Crippen MR) is 251 cm³/mol. The van der Waals surface area contributed by atoms with Gasteiger partial charge in [0.15, 0.2) is 0 Å². The fourth-order valence-electron chi connectivity index (χ4n) is 11.7. The third kappa shape index (κ3) is 8.27. The van der Waals surface area contributed by atoms with Gasteiger partial charge in [0, 0.05) is 0 Å². The summed E-state index contributed by atoms with van der Waals surface area (Å²) < 4.78 is 6.93. The van der Waals surface area contributed by atoms with Crippen LogP contribution in [0.25, 0.3) is 34.4 Å². The maximum atomic E-state index is 2.89. The molecule has 0 N–H and O–H groups in total. The topological polar surface area (TPSA) is 0 Å². The minimum atomic E-state index is -3.81. The molecule has 0 bridgehead atoms. The molecule has 4 aliphatic rings. The van der Waals surface area contributed by atoms with Gasteiger partial charge in [0.1, 0.15) is 0 Å². The average Bonchev–Trinajstić information content (AvgIpc) is 4.01. The summed E-state index contributed by atoms with van der Waals surface area (Å²) in [6, 6.07) is 34.0. The monoisotopic (exact) mass is 880 g/mol. The van der Waals surface area contributed by atoms with Crippen molar-refractivity contribution < 1.29 is 17.4 Å². The molecule has 56 heavy (non-hydrogen) atoms. The summed E-state index contributed by atoms with van der Waals surface area (Å²) in [5.74, 6) is 2.89. The van der Waals surface area contributed by atoms with Crippen molar-refractivity contribution in [3.63, 3.8) is 0 Å². The van der Waals surface area contributed by atoms with Crippen molar-refractivity contribution in [2.45, 2.75) is 133 Å². The van der Waals surface area contributed by atoms with Crippen LogP contribution in [0.2, 0.25) is 9.26 Å². The van der Waals surface area contributed by atoms with Crippen LogP contribution in [0.15, 0.2) is 96.1 Å². The van der Waals surface area contributed by atoms with Crippen LogP contribution in [0.4, 0.5) is 0 Å². The molecule has 4 aliphatic carbocycles. The molecule has 2 saturated carbocycles. The van der Waals surface area contributed by atoms with E-state index in [4.69, 9.17) is 0 Å². The quantitative estimate of drug-likeness (QED) is 0.124. The molecule has 0 spiro atoms. The minimum Gasteiger partial charge on any atom is -0.147 e. The largest absolute Gasteiger partial charge is 0.147 e. The van der Waals surface area contributed by atoms with Crippen LogP contribution in [0.5, 0.6) is 0 Å². The fourth-order valence-corrected chi connectivity index (χ4v) is 31.5. The van der Waals surface area contributed by atoms with Crippen LogP contribution in [0.1, 0.15) is 157 Å². The first kappa shape index (κ1) is 43.6. The number of fused-ring (bicyclic) bond motifs is 2. The first-order valence-corrected chi connectivity index (χ1v) is 35.7. The summed E-state index contributed by atoms with van der Waals surface area (Å²) >= 11 is -3.81. The molecule has 8 rings (SSSR count). The van der Waals surface area contributed by atoms with Crippen molar-refractivity contribution in [1.82, 2.24) is 0 Å². The Morgan fingerprint density at radius 2 is 0.911 bits per heavy atom. The van der Waals surface area contributed by atoms with Crippen molar-refractivity contribution in [1.29, 1.82) is 0 Å². The number of halogens is 2. The summed E-state index contributed by atoms with van der Waals surface area (Å²) in [7, 11) is 0. The smallest absolute Gasteiger partial charge is 0.147 e. The fraction of sp³-hybridized carbons (Fsp3) is 0.462. The van der Waals surface area contributed by atoms with Crippen molar-refractivity contribution in [3.05, 3.63) is 129 Å². The Morgan fingerprint density at radius 1 is 0.554 bits per heavy atom. The van der Waals surface area contributed by atoms with E-state index >= 15 is 0 Å². The SMILES string of the molecule is CCC(C)c1ccc(-c2cccc3c2C=C(CC2CCCC2)[CH]3[Zr]([CH3])([CH3])(=[SiH2])[CH]2C(CC3CCCC3)=Cc3c(-c4ccc(C(C)CC)cc4)cccc32)cc1.Cl.Cl. The van der Waals surface area contributed by atoms with E-state index in [0.29, 0.717) is 19.1 Å². The third-order valence-corrected chi connectivity index (χ3v) is 32.5. The van der Waals surface area contributed by atoms with Crippen molar-refractivity contribution in [2.75, 3.05) is 0 Å². The van der Waals surface area contributed by atoms with E-state index in [-0.39, 0.29) is 24.8 Å². The molecule has 0 heterocycles.